The number of anilines is 1. The summed E-state index contributed by atoms with van der Waals surface area (Å²) in [6, 6.07) is 5.25. The second-order valence-electron chi connectivity index (χ2n) is 5.10. The zero-order valence-electron chi connectivity index (χ0n) is 14.9. The molecule has 26 heavy (non-hydrogen) atoms. The maximum Gasteiger partial charge on any atom is 0.265 e. The van der Waals surface area contributed by atoms with Gasteiger partial charge in [-0.15, -0.1) is 0 Å². The van der Waals surface area contributed by atoms with Crippen molar-refractivity contribution in [1.29, 1.82) is 0 Å². The quantitative estimate of drug-likeness (QED) is 0.519. The van der Waals surface area contributed by atoms with E-state index in [0.717, 1.165) is 11.3 Å². The lowest BCUT2D eigenvalue weighted by Gasteiger charge is -2.14. The van der Waals surface area contributed by atoms with Crippen LogP contribution in [0.5, 0.6) is 11.5 Å². The van der Waals surface area contributed by atoms with Crippen molar-refractivity contribution in [3.63, 3.8) is 0 Å². The summed E-state index contributed by atoms with van der Waals surface area (Å²) >= 11 is 6.51. The molecule has 1 heterocycles. The molecule has 10 heteroatoms. The Morgan fingerprint density at radius 1 is 1.19 bits per heavy atom. The van der Waals surface area contributed by atoms with Crippen LogP contribution in [0.4, 0.5) is 5.82 Å². The van der Waals surface area contributed by atoms with E-state index in [2.05, 4.69) is 5.32 Å². The van der Waals surface area contributed by atoms with Gasteiger partial charge in [0.2, 0.25) is 0 Å². The van der Waals surface area contributed by atoms with Crippen LogP contribution in [-0.4, -0.2) is 51.7 Å². The van der Waals surface area contributed by atoms with E-state index in [1.807, 2.05) is 0 Å². The number of nitrogens with two attached hydrogens (primary N) is 1. The van der Waals surface area contributed by atoms with Gasteiger partial charge in [0.15, 0.2) is 10.2 Å². The molecule has 2 rings (SSSR count). The number of carbonyl (C=O) groups is 1. The molecule has 2 aromatic rings. The summed E-state index contributed by atoms with van der Waals surface area (Å²) in [5.74, 6) is 1.05. The van der Waals surface area contributed by atoms with E-state index in [-0.39, 0.29) is 18.3 Å². The maximum absolute atomic E-state index is 12.4. The first kappa shape index (κ1) is 20.2. The Bertz CT molecular complexity index is 808. The minimum Gasteiger partial charge on any atom is -0.497 e. The topological polar surface area (TPSA) is 97.0 Å². The highest BCUT2D eigenvalue weighted by atomic mass is 32.1. The molecule has 0 bridgehead atoms. The number of amides is 1. The number of aromatic nitrogens is 1. The number of carbonyl (C=O) groups excluding carboxylic acids is 1. The second kappa shape index (κ2) is 8.99. The average molecular weight is 399 g/mol. The largest absolute Gasteiger partial charge is 0.497 e. The summed E-state index contributed by atoms with van der Waals surface area (Å²) in [4.78, 5) is 12.8. The monoisotopic (exact) mass is 399 g/mol. The summed E-state index contributed by atoms with van der Waals surface area (Å²) in [5, 5.41) is 2.71. The van der Waals surface area contributed by atoms with Crippen LogP contribution in [0.15, 0.2) is 18.2 Å². The molecular formula is C16H21N3O5S2. The first-order valence-electron chi connectivity index (χ1n) is 7.53. The predicted molar refractivity (Wildman–Crippen MR) is 102 cm³/mol. The summed E-state index contributed by atoms with van der Waals surface area (Å²) in [6.07, 6.45) is -0.544. The fraction of sp³-hybridized carbons (Fsp3) is 0.375. The number of nitrogens with one attached hydrogen (secondary N) is 1. The zero-order chi connectivity index (χ0) is 19.3. The van der Waals surface area contributed by atoms with Crippen molar-refractivity contribution in [3.8, 4) is 17.2 Å². The van der Waals surface area contributed by atoms with Gasteiger partial charge in [0.1, 0.15) is 22.2 Å². The van der Waals surface area contributed by atoms with E-state index in [4.69, 9.17) is 36.9 Å². The Balaban J connectivity index is 2.36. The van der Waals surface area contributed by atoms with Crippen LogP contribution in [0.2, 0.25) is 0 Å². The Morgan fingerprint density at radius 2 is 1.77 bits per heavy atom. The molecule has 0 saturated carbocycles. The Labute approximate surface area is 160 Å². The number of benzene rings is 1. The predicted octanol–water partition coefficient (Wildman–Crippen LogP) is 2.22. The number of nitrogen functional groups attached to an aromatic ring is 1. The van der Waals surface area contributed by atoms with Crippen molar-refractivity contribution in [2.24, 2.45) is 0 Å². The summed E-state index contributed by atoms with van der Waals surface area (Å²) in [7, 11) is 6.09. The highest BCUT2D eigenvalue weighted by Crippen LogP contribution is 2.31. The first-order valence-corrected chi connectivity index (χ1v) is 8.76. The van der Waals surface area contributed by atoms with E-state index >= 15 is 0 Å². The number of thiazole rings is 1. The normalized spacial score (nSPS) is 10.8. The molecule has 3 N–H and O–H groups in total. The van der Waals surface area contributed by atoms with Crippen molar-refractivity contribution in [1.82, 2.24) is 9.88 Å². The van der Waals surface area contributed by atoms with Crippen molar-refractivity contribution >= 4 is 35.3 Å². The zero-order valence-corrected chi connectivity index (χ0v) is 16.5. The van der Waals surface area contributed by atoms with Crippen molar-refractivity contribution in [2.75, 3.05) is 40.7 Å². The number of nitrogens with zero attached hydrogens (tertiary/aromatic N) is 1. The molecule has 0 spiro atoms. The molecular weight excluding hydrogens is 378 g/mol. The average Bonchev–Trinajstić information content (AvgIpc) is 2.96. The van der Waals surface area contributed by atoms with Crippen LogP contribution in [0.3, 0.4) is 0 Å². The fourth-order valence-corrected chi connectivity index (χ4v) is 3.52. The number of ether oxygens (including phenoxy) is 4. The minimum atomic E-state index is -0.544. The Morgan fingerprint density at radius 3 is 2.27 bits per heavy atom. The molecule has 0 saturated heterocycles. The molecule has 0 aliphatic rings. The summed E-state index contributed by atoms with van der Waals surface area (Å²) < 4.78 is 22.7. The lowest BCUT2D eigenvalue weighted by Crippen LogP contribution is -2.34. The number of rotatable bonds is 8. The SMILES string of the molecule is COc1cc(OC)cc(-n2c(N)c(C(=O)NCC(OC)OC)sc2=S)c1. The third kappa shape index (κ3) is 4.33. The van der Waals surface area contributed by atoms with E-state index in [1.165, 1.54) is 14.2 Å². The van der Waals surface area contributed by atoms with Gasteiger partial charge in [-0.3, -0.25) is 9.36 Å². The van der Waals surface area contributed by atoms with E-state index in [0.29, 0.717) is 26.0 Å². The van der Waals surface area contributed by atoms with Crippen LogP contribution < -0.4 is 20.5 Å². The Kier molecular flexibility index (Phi) is 6.98. The first-order chi connectivity index (χ1) is 12.4. The highest BCUT2D eigenvalue weighted by molar-refractivity contribution is 7.73. The van der Waals surface area contributed by atoms with Crippen LogP contribution in [0, 0.1) is 3.95 Å². The van der Waals surface area contributed by atoms with Gasteiger partial charge in [0.05, 0.1) is 26.5 Å². The molecule has 1 aromatic heterocycles. The van der Waals surface area contributed by atoms with Gasteiger partial charge >= 0.3 is 0 Å². The van der Waals surface area contributed by atoms with Crippen LogP contribution in [-0.2, 0) is 9.47 Å². The molecule has 142 valence electrons. The van der Waals surface area contributed by atoms with Crippen molar-refractivity contribution < 1.29 is 23.7 Å². The number of methoxy groups -OCH3 is 4. The van der Waals surface area contributed by atoms with Crippen LogP contribution in [0.25, 0.3) is 5.69 Å². The van der Waals surface area contributed by atoms with Crippen molar-refractivity contribution in [2.45, 2.75) is 6.29 Å². The minimum absolute atomic E-state index is 0.183. The van der Waals surface area contributed by atoms with Gasteiger partial charge in [0, 0.05) is 32.4 Å². The molecule has 0 aliphatic heterocycles. The van der Waals surface area contributed by atoms with Gasteiger partial charge in [0.25, 0.3) is 5.91 Å². The smallest absolute Gasteiger partial charge is 0.265 e. The summed E-state index contributed by atoms with van der Waals surface area (Å²) in [5.41, 5.74) is 6.84. The third-order valence-corrected chi connectivity index (χ3v) is 4.99. The lowest BCUT2D eigenvalue weighted by atomic mass is 10.2. The number of hydrogen-bond acceptors (Lipinski definition) is 8. The van der Waals surface area contributed by atoms with E-state index in [9.17, 15) is 4.79 Å². The molecule has 0 aliphatic carbocycles. The molecule has 0 fully saturated rings. The van der Waals surface area contributed by atoms with Gasteiger partial charge in [-0.2, -0.15) is 0 Å². The van der Waals surface area contributed by atoms with Gasteiger partial charge in [-0.1, -0.05) is 11.3 Å². The van der Waals surface area contributed by atoms with Gasteiger partial charge in [-0.25, -0.2) is 0 Å². The van der Waals surface area contributed by atoms with Gasteiger partial charge < -0.3 is 30.0 Å². The number of hydrogen-bond donors (Lipinski definition) is 2. The van der Waals surface area contributed by atoms with Crippen LogP contribution >= 0.6 is 23.6 Å². The lowest BCUT2D eigenvalue weighted by molar-refractivity contribution is -0.0974. The highest BCUT2D eigenvalue weighted by Gasteiger charge is 2.20. The van der Waals surface area contributed by atoms with E-state index in [1.54, 1.807) is 37.0 Å². The van der Waals surface area contributed by atoms with Crippen molar-refractivity contribution in [3.05, 3.63) is 27.0 Å². The maximum atomic E-state index is 12.4. The van der Waals surface area contributed by atoms with E-state index < -0.39 is 6.29 Å². The standard InChI is InChI=1S/C16H21N3O5S2/c1-21-10-5-9(6-11(7-10)22-2)19-14(17)13(26-16(19)25)15(20)18-8-12(23-3)24-4/h5-7,12H,8,17H2,1-4H3,(H,18,20). The second-order valence-corrected chi connectivity index (χ2v) is 6.74. The van der Waals surface area contributed by atoms with Crippen LogP contribution in [0.1, 0.15) is 9.67 Å². The molecule has 8 nitrogen and oxygen atoms in total. The molecule has 0 atom stereocenters. The fourth-order valence-electron chi connectivity index (χ4n) is 2.23. The Hall–Kier alpha value is -2.14. The molecule has 1 aromatic carbocycles. The molecule has 0 unspecified atom stereocenters. The summed E-state index contributed by atoms with van der Waals surface area (Å²) in [6.45, 7) is 0.183. The molecule has 1 amide bonds. The third-order valence-electron chi connectivity index (χ3n) is 3.60. The molecule has 0 radical (unpaired) electrons. The van der Waals surface area contributed by atoms with Gasteiger partial charge in [-0.05, 0) is 12.2 Å².